The molecule has 4 rings (SSSR count). The fourth-order valence-corrected chi connectivity index (χ4v) is 6.88. The smallest absolute Gasteiger partial charge is 0.264 e. The number of Topliss-reactive ketones (excluding diaryl/α,β-unsaturated/α-hetero) is 1. The van der Waals surface area contributed by atoms with Gasteiger partial charge in [-0.2, -0.15) is 4.31 Å². The van der Waals surface area contributed by atoms with Gasteiger partial charge in [0.05, 0.1) is 22.0 Å². The van der Waals surface area contributed by atoms with Gasteiger partial charge in [-0.05, 0) is 67.3 Å². The average Bonchev–Trinajstić information content (AvgIpc) is 2.92. The maximum Gasteiger partial charge on any atom is 0.264 e. The van der Waals surface area contributed by atoms with E-state index in [1.165, 1.54) is 39.9 Å². The molecule has 196 valence electrons. The lowest BCUT2D eigenvalue weighted by Gasteiger charge is -2.29. The first-order valence-corrected chi connectivity index (χ1v) is 15.0. The van der Waals surface area contributed by atoms with Crippen molar-refractivity contribution in [2.45, 2.75) is 29.6 Å². The average molecular weight is 542 g/mol. The molecule has 0 bridgehead atoms. The molecular formula is C27H31N3O5S2. The summed E-state index contributed by atoms with van der Waals surface area (Å²) in [6.45, 7) is 3.01. The van der Waals surface area contributed by atoms with Crippen LogP contribution in [0.1, 0.15) is 30.1 Å². The van der Waals surface area contributed by atoms with E-state index < -0.39 is 20.0 Å². The highest BCUT2D eigenvalue weighted by Gasteiger charge is 2.28. The highest BCUT2D eigenvalue weighted by Crippen LogP contribution is 2.25. The molecule has 3 aromatic rings. The van der Waals surface area contributed by atoms with Gasteiger partial charge in [0, 0.05) is 31.4 Å². The number of anilines is 2. The molecule has 0 aromatic heterocycles. The third-order valence-electron chi connectivity index (χ3n) is 6.62. The molecule has 3 aromatic carbocycles. The van der Waals surface area contributed by atoms with Gasteiger partial charge in [0.1, 0.15) is 0 Å². The Hall–Kier alpha value is -3.21. The summed E-state index contributed by atoms with van der Waals surface area (Å²) >= 11 is 0. The molecular weight excluding hydrogens is 510 g/mol. The predicted octanol–water partition coefficient (Wildman–Crippen LogP) is 4.23. The molecule has 37 heavy (non-hydrogen) atoms. The van der Waals surface area contributed by atoms with Crippen molar-refractivity contribution in [2.75, 3.05) is 36.3 Å². The second-order valence-corrected chi connectivity index (χ2v) is 13.1. The lowest BCUT2D eigenvalue weighted by atomic mass is 10.0. The van der Waals surface area contributed by atoms with E-state index in [1.807, 2.05) is 6.07 Å². The van der Waals surface area contributed by atoms with E-state index in [9.17, 15) is 21.6 Å². The highest BCUT2D eigenvalue weighted by molar-refractivity contribution is 7.92. The standard InChI is InChI=1S/C27H31N3O5S2/c1-21-15-17-30(18-16-21)37(34,35)26-10-6-7-22(19-26)27(31)20-28-23-11-13-25(14-12-23)36(32,33)29(2)24-8-4-3-5-9-24/h3-14,19,21,28H,15-18,20H2,1-2H3. The minimum atomic E-state index is -3.74. The van der Waals surface area contributed by atoms with Crippen LogP contribution in [0.5, 0.6) is 0 Å². The Morgan fingerprint density at radius 3 is 2.19 bits per heavy atom. The number of ketones is 1. The van der Waals surface area contributed by atoms with Crippen LogP contribution in [0.2, 0.25) is 0 Å². The molecule has 1 heterocycles. The molecule has 10 heteroatoms. The molecule has 1 N–H and O–H groups in total. The normalized spacial score (nSPS) is 15.3. The Kier molecular flexibility index (Phi) is 8.01. The highest BCUT2D eigenvalue weighted by atomic mass is 32.2. The quantitative estimate of drug-likeness (QED) is 0.407. The van der Waals surface area contributed by atoms with Crippen LogP contribution in [0.4, 0.5) is 11.4 Å². The molecule has 0 unspecified atom stereocenters. The number of para-hydroxylation sites is 1. The van der Waals surface area contributed by atoms with E-state index in [2.05, 4.69) is 12.2 Å². The number of nitrogens with one attached hydrogen (secondary N) is 1. The van der Waals surface area contributed by atoms with Gasteiger partial charge in [0.25, 0.3) is 10.0 Å². The third kappa shape index (κ3) is 6.03. The summed E-state index contributed by atoms with van der Waals surface area (Å²) in [4.78, 5) is 13.1. The van der Waals surface area contributed by atoms with Crippen LogP contribution in [0.15, 0.2) is 88.7 Å². The lowest BCUT2D eigenvalue weighted by Crippen LogP contribution is -2.37. The molecule has 0 radical (unpaired) electrons. The van der Waals surface area contributed by atoms with E-state index in [1.54, 1.807) is 48.5 Å². The lowest BCUT2D eigenvalue weighted by molar-refractivity contribution is 0.101. The zero-order chi connectivity index (χ0) is 26.6. The molecule has 0 saturated carbocycles. The molecule has 1 aliphatic heterocycles. The molecule has 1 aliphatic rings. The molecule has 0 amide bonds. The van der Waals surface area contributed by atoms with Crippen LogP contribution in [0.3, 0.4) is 0 Å². The van der Waals surface area contributed by atoms with Crippen LogP contribution in [-0.4, -0.2) is 53.6 Å². The fourth-order valence-electron chi connectivity index (χ4n) is 4.17. The largest absolute Gasteiger partial charge is 0.378 e. The van der Waals surface area contributed by atoms with Gasteiger partial charge in [-0.1, -0.05) is 37.3 Å². The number of sulfonamides is 2. The minimum Gasteiger partial charge on any atom is -0.378 e. The van der Waals surface area contributed by atoms with Gasteiger partial charge < -0.3 is 5.32 Å². The molecule has 0 aliphatic carbocycles. The fraction of sp³-hybridized carbons (Fsp3) is 0.296. The van der Waals surface area contributed by atoms with Crippen molar-refractivity contribution in [2.24, 2.45) is 5.92 Å². The Morgan fingerprint density at radius 2 is 1.54 bits per heavy atom. The zero-order valence-electron chi connectivity index (χ0n) is 20.9. The summed E-state index contributed by atoms with van der Waals surface area (Å²) < 4.78 is 54.7. The first kappa shape index (κ1) is 26.8. The molecule has 1 saturated heterocycles. The van der Waals surface area contributed by atoms with Gasteiger partial charge in [-0.15, -0.1) is 0 Å². The van der Waals surface area contributed by atoms with Crippen molar-refractivity contribution in [1.82, 2.24) is 4.31 Å². The summed E-state index contributed by atoms with van der Waals surface area (Å²) in [5.74, 6) is 0.231. The molecule has 1 fully saturated rings. The summed E-state index contributed by atoms with van der Waals surface area (Å²) in [6.07, 6.45) is 1.65. The van der Waals surface area contributed by atoms with Gasteiger partial charge in [-0.3, -0.25) is 9.10 Å². The monoisotopic (exact) mass is 541 g/mol. The number of nitrogens with zero attached hydrogens (tertiary/aromatic N) is 2. The third-order valence-corrected chi connectivity index (χ3v) is 10.3. The summed E-state index contributed by atoms with van der Waals surface area (Å²) in [6, 6.07) is 21.0. The first-order chi connectivity index (χ1) is 17.6. The van der Waals surface area contributed by atoms with Crippen molar-refractivity contribution in [3.8, 4) is 0 Å². The van der Waals surface area contributed by atoms with Crippen LogP contribution in [-0.2, 0) is 20.0 Å². The minimum absolute atomic E-state index is 0.0687. The van der Waals surface area contributed by atoms with Crippen LogP contribution in [0, 0.1) is 5.92 Å². The van der Waals surface area contributed by atoms with Crippen molar-refractivity contribution in [3.63, 3.8) is 0 Å². The number of hydrogen-bond donors (Lipinski definition) is 1. The maximum absolute atomic E-state index is 13.0. The predicted molar refractivity (Wildman–Crippen MR) is 145 cm³/mol. The topological polar surface area (TPSA) is 104 Å². The number of hydrogen-bond acceptors (Lipinski definition) is 6. The number of piperidine rings is 1. The second kappa shape index (κ2) is 11.0. The zero-order valence-corrected chi connectivity index (χ0v) is 22.5. The number of benzene rings is 3. The Bertz CT molecular complexity index is 1450. The van der Waals surface area contributed by atoms with Crippen LogP contribution in [0.25, 0.3) is 0 Å². The van der Waals surface area contributed by atoms with Gasteiger partial charge in [0.2, 0.25) is 10.0 Å². The second-order valence-electron chi connectivity index (χ2n) is 9.22. The van der Waals surface area contributed by atoms with E-state index in [-0.39, 0.29) is 22.1 Å². The van der Waals surface area contributed by atoms with Crippen LogP contribution >= 0.6 is 0 Å². The summed E-state index contributed by atoms with van der Waals surface area (Å²) in [5, 5.41) is 2.99. The summed E-state index contributed by atoms with van der Waals surface area (Å²) in [5.41, 5.74) is 1.41. The Morgan fingerprint density at radius 1 is 0.892 bits per heavy atom. The van der Waals surface area contributed by atoms with Gasteiger partial charge >= 0.3 is 0 Å². The molecule has 8 nitrogen and oxygen atoms in total. The molecule has 0 atom stereocenters. The summed E-state index contributed by atoms with van der Waals surface area (Å²) in [7, 11) is -5.90. The number of rotatable bonds is 9. The SMILES string of the molecule is CC1CCN(S(=O)(=O)c2cccc(C(=O)CNc3ccc(S(=O)(=O)N(C)c4ccccc4)cc3)c2)CC1. The van der Waals surface area contributed by atoms with E-state index in [4.69, 9.17) is 0 Å². The van der Waals surface area contributed by atoms with Crippen molar-refractivity contribution >= 4 is 37.2 Å². The molecule has 0 spiro atoms. The maximum atomic E-state index is 13.0. The van der Waals surface area contributed by atoms with Crippen molar-refractivity contribution < 1.29 is 21.6 Å². The van der Waals surface area contributed by atoms with Gasteiger partial charge in [0.15, 0.2) is 5.78 Å². The number of carbonyl (C=O) groups is 1. The number of carbonyl (C=O) groups excluding carboxylic acids is 1. The van der Waals surface area contributed by atoms with Crippen LogP contribution < -0.4 is 9.62 Å². The first-order valence-electron chi connectivity index (χ1n) is 12.1. The Labute approximate surface area is 219 Å². The van der Waals surface area contributed by atoms with Crippen molar-refractivity contribution in [1.29, 1.82) is 0 Å². The van der Waals surface area contributed by atoms with E-state index >= 15 is 0 Å². The van der Waals surface area contributed by atoms with E-state index in [0.717, 1.165) is 12.8 Å². The van der Waals surface area contributed by atoms with Gasteiger partial charge in [-0.25, -0.2) is 16.8 Å². The van der Waals surface area contributed by atoms with Crippen molar-refractivity contribution in [3.05, 3.63) is 84.4 Å². The Balaban J connectivity index is 1.41. The van der Waals surface area contributed by atoms with E-state index in [0.29, 0.717) is 35.9 Å².